The summed E-state index contributed by atoms with van der Waals surface area (Å²) in [6, 6.07) is 77.2. The van der Waals surface area contributed by atoms with E-state index >= 15 is 0 Å². The fourth-order valence-electron chi connectivity index (χ4n) is 7.79. The lowest BCUT2D eigenvalue weighted by Crippen LogP contribution is -2.11. The number of anilines is 3. The first-order valence-corrected chi connectivity index (χ1v) is 19.2. The van der Waals surface area contributed by atoms with Gasteiger partial charge in [-0.05, 0) is 104 Å². The zero-order chi connectivity index (χ0) is 35.8. The van der Waals surface area contributed by atoms with Crippen molar-refractivity contribution in [1.29, 1.82) is 0 Å². The van der Waals surface area contributed by atoms with Gasteiger partial charge < -0.3 is 4.90 Å². The first-order valence-electron chi connectivity index (χ1n) is 18.4. The fraction of sp³-hybridized carbons (Fsp3) is 0. The highest BCUT2D eigenvalue weighted by molar-refractivity contribution is 7.25. The Morgan fingerprint density at radius 3 is 1.46 bits per heavy atom. The number of benzene rings is 9. The predicted molar refractivity (Wildman–Crippen MR) is 233 cm³/mol. The minimum absolute atomic E-state index is 1.10. The lowest BCUT2D eigenvalue weighted by molar-refractivity contribution is 1.28. The topological polar surface area (TPSA) is 3.24 Å². The Bertz CT molecular complexity index is 2810. The first kappa shape index (κ1) is 32.0. The molecular weight excluding hydrogens is 671 g/mol. The Balaban J connectivity index is 1.16. The molecule has 1 aromatic heterocycles. The summed E-state index contributed by atoms with van der Waals surface area (Å²) in [6.45, 7) is 0. The minimum atomic E-state index is 1.10. The van der Waals surface area contributed by atoms with E-state index in [-0.39, 0.29) is 0 Å². The van der Waals surface area contributed by atoms with Crippen LogP contribution in [0.3, 0.4) is 0 Å². The molecule has 0 fully saturated rings. The Kier molecular flexibility index (Phi) is 8.09. The third-order valence-corrected chi connectivity index (χ3v) is 11.6. The van der Waals surface area contributed by atoms with Crippen molar-refractivity contribution in [2.75, 3.05) is 4.90 Å². The van der Waals surface area contributed by atoms with Crippen molar-refractivity contribution in [3.63, 3.8) is 0 Å². The molecule has 0 aliphatic heterocycles. The molecular formula is C52H35NS. The van der Waals surface area contributed by atoms with Gasteiger partial charge in [-0.3, -0.25) is 0 Å². The van der Waals surface area contributed by atoms with Crippen LogP contribution in [0.25, 0.3) is 75.5 Å². The Hall–Kier alpha value is -6.74. The smallest absolute Gasteiger partial charge is 0.0540 e. The van der Waals surface area contributed by atoms with Crippen LogP contribution in [0, 0.1) is 0 Å². The molecule has 0 aliphatic carbocycles. The molecule has 1 heterocycles. The number of nitrogens with zero attached hydrogens (tertiary/aromatic N) is 1. The molecule has 10 aromatic rings. The number of hydrogen-bond acceptors (Lipinski definition) is 2. The van der Waals surface area contributed by atoms with Crippen LogP contribution in [-0.4, -0.2) is 0 Å². The summed E-state index contributed by atoms with van der Waals surface area (Å²) in [6.07, 6.45) is 0. The van der Waals surface area contributed by atoms with Crippen LogP contribution in [0.15, 0.2) is 212 Å². The minimum Gasteiger partial charge on any atom is -0.310 e. The van der Waals surface area contributed by atoms with Crippen molar-refractivity contribution >= 4 is 59.3 Å². The first-order chi connectivity index (χ1) is 26.8. The molecule has 0 radical (unpaired) electrons. The predicted octanol–water partition coefficient (Wildman–Crippen LogP) is 15.3. The molecule has 254 valence electrons. The van der Waals surface area contributed by atoms with E-state index in [1.807, 2.05) is 11.3 Å². The number of hydrogen-bond donors (Lipinski definition) is 0. The molecule has 0 saturated heterocycles. The maximum absolute atomic E-state index is 2.41. The Labute approximate surface area is 319 Å². The molecule has 9 aromatic carbocycles. The Morgan fingerprint density at radius 2 is 0.833 bits per heavy atom. The van der Waals surface area contributed by atoms with Crippen molar-refractivity contribution in [2.24, 2.45) is 0 Å². The van der Waals surface area contributed by atoms with Crippen LogP contribution in [-0.2, 0) is 0 Å². The van der Waals surface area contributed by atoms with E-state index < -0.39 is 0 Å². The fourth-order valence-corrected chi connectivity index (χ4v) is 8.93. The second kappa shape index (κ2) is 13.7. The monoisotopic (exact) mass is 705 g/mol. The van der Waals surface area contributed by atoms with Crippen molar-refractivity contribution in [1.82, 2.24) is 0 Å². The number of fused-ring (bicyclic) bond motifs is 4. The van der Waals surface area contributed by atoms with Gasteiger partial charge in [0.2, 0.25) is 0 Å². The summed E-state index contributed by atoms with van der Waals surface area (Å²) in [5, 5.41) is 5.17. The van der Waals surface area contributed by atoms with E-state index in [0.717, 1.165) is 17.1 Å². The number of thiophene rings is 1. The normalized spacial score (nSPS) is 11.3. The van der Waals surface area contributed by atoms with E-state index in [0.29, 0.717) is 0 Å². The molecule has 0 spiro atoms. The molecule has 1 nitrogen and oxygen atoms in total. The lowest BCUT2D eigenvalue weighted by Gasteiger charge is -2.29. The van der Waals surface area contributed by atoms with Gasteiger partial charge in [-0.1, -0.05) is 158 Å². The molecule has 10 rings (SSSR count). The molecule has 0 bridgehead atoms. The van der Waals surface area contributed by atoms with Crippen LogP contribution in [0.1, 0.15) is 0 Å². The van der Waals surface area contributed by atoms with Crippen LogP contribution in [0.2, 0.25) is 0 Å². The van der Waals surface area contributed by atoms with Gasteiger partial charge in [-0.15, -0.1) is 11.3 Å². The molecule has 2 heteroatoms. The summed E-state index contributed by atoms with van der Waals surface area (Å²) in [5.41, 5.74) is 12.9. The largest absolute Gasteiger partial charge is 0.310 e. The summed E-state index contributed by atoms with van der Waals surface area (Å²) in [4.78, 5) is 2.40. The molecule has 0 N–H and O–H groups in total. The Morgan fingerprint density at radius 1 is 0.296 bits per heavy atom. The van der Waals surface area contributed by atoms with Gasteiger partial charge in [0.25, 0.3) is 0 Å². The van der Waals surface area contributed by atoms with Gasteiger partial charge >= 0.3 is 0 Å². The SMILES string of the molecule is c1ccc(-c2ccc(N(c3ccc(-c4ccccc4)cc3)c3ccc(-c4cccc5cc6sc7ccccc7c6cc45)cc3-c3ccccc3)cc2)cc1. The second-order valence-corrected chi connectivity index (χ2v) is 14.8. The summed E-state index contributed by atoms with van der Waals surface area (Å²) < 4.78 is 2.65. The second-order valence-electron chi connectivity index (χ2n) is 13.7. The average molecular weight is 706 g/mol. The maximum atomic E-state index is 2.41. The highest BCUT2D eigenvalue weighted by Gasteiger charge is 2.20. The van der Waals surface area contributed by atoms with E-state index in [9.17, 15) is 0 Å². The summed E-state index contributed by atoms with van der Waals surface area (Å²) >= 11 is 1.87. The van der Waals surface area contributed by atoms with Crippen molar-refractivity contribution in [3.05, 3.63) is 212 Å². The highest BCUT2D eigenvalue weighted by Crippen LogP contribution is 2.45. The lowest BCUT2D eigenvalue weighted by atomic mass is 9.92. The van der Waals surface area contributed by atoms with E-state index in [4.69, 9.17) is 0 Å². The highest BCUT2D eigenvalue weighted by atomic mass is 32.1. The standard InChI is InChI=1S/C52H35NS/c1-4-13-36(14-5-1)38-23-28-43(29-24-38)53(44-30-25-39(26-31-44)37-15-6-2-7-16-37)50-32-27-42(33-48(50)40-17-8-3-9-18-40)45-21-12-19-41-34-52-49(35-47(41)45)46-20-10-11-22-51(46)54-52/h1-35H. The van der Waals surface area contributed by atoms with Crippen LogP contribution in [0.5, 0.6) is 0 Å². The summed E-state index contributed by atoms with van der Waals surface area (Å²) in [7, 11) is 0. The van der Waals surface area contributed by atoms with Gasteiger partial charge in [0.05, 0.1) is 5.69 Å². The molecule has 0 unspecified atom stereocenters. The van der Waals surface area contributed by atoms with Crippen LogP contribution >= 0.6 is 11.3 Å². The molecule has 54 heavy (non-hydrogen) atoms. The molecule has 0 saturated carbocycles. The van der Waals surface area contributed by atoms with E-state index in [1.165, 1.54) is 75.5 Å². The van der Waals surface area contributed by atoms with Crippen LogP contribution in [0.4, 0.5) is 17.1 Å². The molecule has 0 aliphatic rings. The third-order valence-electron chi connectivity index (χ3n) is 10.5. The van der Waals surface area contributed by atoms with Crippen molar-refractivity contribution in [2.45, 2.75) is 0 Å². The van der Waals surface area contributed by atoms with E-state index in [2.05, 4.69) is 217 Å². The van der Waals surface area contributed by atoms with Gasteiger partial charge in [-0.25, -0.2) is 0 Å². The van der Waals surface area contributed by atoms with Crippen LogP contribution < -0.4 is 4.90 Å². The van der Waals surface area contributed by atoms with Gasteiger partial charge in [0.15, 0.2) is 0 Å². The molecule has 0 atom stereocenters. The number of rotatable bonds is 7. The zero-order valence-corrected chi connectivity index (χ0v) is 30.4. The zero-order valence-electron chi connectivity index (χ0n) is 29.6. The van der Waals surface area contributed by atoms with Crippen molar-refractivity contribution in [3.8, 4) is 44.5 Å². The average Bonchev–Trinajstić information content (AvgIpc) is 3.62. The van der Waals surface area contributed by atoms with E-state index in [1.54, 1.807) is 0 Å². The molecule has 0 amide bonds. The quantitative estimate of drug-likeness (QED) is 0.160. The van der Waals surface area contributed by atoms with Crippen molar-refractivity contribution < 1.29 is 0 Å². The maximum Gasteiger partial charge on any atom is 0.0540 e. The van der Waals surface area contributed by atoms with Gasteiger partial charge in [-0.2, -0.15) is 0 Å². The third kappa shape index (κ3) is 5.84. The van der Waals surface area contributed by atoms with Gasteiger partial charge in [0.1, 0.15) is 0 Å². The summed E-state index contributed by atoms with van der Waals surface area (Å²) in [5.74, 6) is 0. The van der Waals surface area contributed by atoms with Gasteiger partial charge in [0, 0.05) is 37.1 Å².